The van der Waals surface area contributed by atoms with E-state index in [1.165, 1.54) is 11.1 Å². The van der Waals surface area contributed by atoms with Crippen molar-refractivity contribution in [2.75, 3.05) is 25.2 Å². The molecule has 24 heavy (non-hydrogen) atoms. The van der Waals surface area contributed by atoms with E-state index >= 15 is 0 Å². The SMILES string of the molecule is Cc1ccc(C(=O)Nc2ccc3c(c2)CN(C)CC3)cc1S(C)=O. The summed E-state index contributed by atoms with van der Waals surface area (Å²) in [5.74, 6) is -0.175. The number of nitrogens with zero attached hydrogens (tertiary/aromatic N) is 1. The molecule has 2 aromatic carbocycles. The Morgan fingerprint density at radius 2 is 1.96 bits per heavy atom. The quantitative estimate of drug-likeness (QED) is 0.933. The molecule has 0 aromatic heterocycles. The average Bonchev–Trinajstić information content (AvgIpc) is 2.54. The fourth-order valence-electron chi connectivity index (χ4n) is 3.03. The van der Waals surface area contributed by atoms with Gasteiger partial charge in [-0.25, -0.2) is 0 Å². The fraction of sp³-hybridized carbons (Fsp3) is 0.316. The Bertz CT molecular complexity index is 817. The Kier molecular flexibility index (Phi) is 4.83. The van der Waals surface area contributed by atoms with Gasteiger partial charge >= 0.3 is 0 Å². The summed E-state index contributed by atoms with van der Waals surface area (Å²) in [6, 6.07) is 11.4. The van der Waals surface area contributed by atoms with Crippen molar-refractivity contribution >= 4 is 22.4 Å². The molecule has 1 aliphatic heterocycles. The molecule has 0 bridgehead atoms. The van der Waals surface area contributed by atoms with E-state index in [-0.39, 0.29) is 5.91 Å². The number of carbonyl (C=O) groups is 1. The first-order valence-corrected chi connectivity index (χ1v) is 9.55. The van der Waals surface area contributed by atoms with Crippen molar-refractivity contribution in [1.82, 2.24) is 4.90 Å². The second-order valence-corrected chi connectivity index (χ2v) is 7.71. The van der Waals surface area contributed by atoms with Crippen molar-refractivity contribution in [3.63, 3.8) is 0 Å². The summed E-state index contributed by atoms with van der Waals surface area (Å²) < 4.78 is 11.8. The van der Waals surface area contributed by atoms with Crippen molar-refractivity contribution in [3.05, 3.63) is 58.7 Å². The van der Waals surface area contributed by atoms with E-state index in [4.69, 9.17) is 0 Å². The minimum atomic E-state index is -1.11. The smallest absolute Gasteiger partial charge is 0.255 e. The van der Waals surface area contributed by atoms with Gasteiger partial charge in [-0.3, -0.25) is 9.00 Å². The molecule has 5 heteroatoms. The van der Waals surface area contributed by atoms with Gasteiger partial charge in [0.1, 0.15) is 0 Å². The first-order valence-electron chi connectivity index (χ1n) is 8.00. The van der Waals surface area contributed by atoms with Gasteiger partial charge in [-0.2, -0.15) is 0 Å². The van der Waals surface area contributed by atoms with Crippen molar-refractivity contribution in [2.45, 2.75) is 24.8 Å². The number of benzene rings is 2. The third-order valence-corrected chi connectivity index (χ3v) is 5.49. The van der Waals surface area contributed by atoms with E-state index in [0.717, 1.165) is 30.8 Å². The molecule has 0 radical (unpaired) electrons. The largest absolute Gasteiger partial charge is 0.322 e. The van der Waals surface area contributed by atoms with Gasteiger partial charge in [0, 0.05) is 35.5 Å². The van der Waals surface area contributed by atoms with Crippen LogP contribution in [0.3, 0.4) is 0 Å². The molecule has 1 amide bonds. The number of rotatable bonds is 3. The van der Waals surface area contributed by atoms with Crippen molar-refractivity contribution in [3.8, 4) is 0 Å². The highest BCUT2D eigenvalue weighted by atomic mass is 32.2. The van der Waals surface area contributed by atoms with Gasteiger partial charge in [0.15, 0.2) is 0 Å². The average molecular weight is 342 g/mol. The molecule has 1 atom stereocenters. The Morgan fingerprint density at radius 3 is 2.71 bits per heavy atom. The number of likely N-dealkylation sites (N-methyl/N-ethyl adjacent to an activating group) is 1. The van der Waals surface area contributed by atoms with Crippen molar-refractivity contribution < 1.29 is 9.00 Å². The van der Waals surface area contributed by atoms with E-state index in [1.54, 1.807) is 18.4 Å². The molecular formula is C19H22N2O2S. The number of amides is 1. The number of hydrogen-bond donors (Lipinski definition) is 1. The summed E-state index contributed by atoms with van der Waals surface area (Å²) in [6.45, 7) is 3.87. The molecule has 1 heterocycles. The zero-order chi connectivity index (χ0) is 17.3. The molecule has 0 saturated heterocycles. The van der Waals surface area contributed by atoms with Gasteiger partial charge in [0.2, 0.25) is 0 Å². The van der Waals surface area contributed by atoms with Gasteiger partial charge in [-0.1, -0.05) is 12.1 Å². The first-order chi connectivity index (χ1) is 11.4. The summed E-state index contributed by atoms with van der Waals surface area (Å²) in [5.41, 5.74) is 4.88. The van der Waals surface area contributed by atoms with E-state index in [2.05, 4.69) is 29.4 Å². The summed E-state index contributed by atoms with van der Waals surface area (Å²) in [6.07, 6.45) is 2.67. The minimum Gasteiger partial charge on any atom is -0.322 e. The molecule has 0 aliphatic carbocycles. The predicted octanol–water partition coefficient (Wildman–Crippen LogP) is 2.97. The molecule has 0 saturated carbocycles. The van der Waals surface area contributed by atoms with Crippen LogP contribution in [0.15, 0.2) is 41.3 Å². The number of fused-ring (bicyclic) bond motifs is 1. The van der Waals surface area contributed by atoms with Crippen LogP contribution in [0.4, 0.5) is 5.69 Å². The fourth-order valence-corrected chi connectivity index (χ4v) is 3.84. The third-order valence-electron chi connectivity index (χ3n) is 4.43. The van der Waals surface area contributed by atoms with Crippen molar-refractivity contribution in [1.29, 1.82) is 0 Å². The number of nitrogens with one attached hydrogen (secondary N) is 1. The second-order valence-electron chi connectivity index (χ2n) is 6.36. The molecule has 2 aromatic rings. The topological polar surface area (TPSA) is 49.4 Å². The second kappa shape index (κ2) is 6.87. The zero-order valence-electron chi connectivity index (χ0n) is 14.3. The molecule has 1 unspecified atom stereocenters. The van der Waals surface area contributed by atoms with Crippen LogP contribution in [0.1, 0.15) is 27.0 Å². The number of carbonyl (C=O) groups excluding carboxylic acids is 1. The lowest BCUT2D eigenvalue weighted by molar-refractivity contribution is 0.102. The maximum atomic E-state index is 12.5. The Balaban J connectivity index is 1.81. The van der Waals surface area contributed by atoms with Crippen LogP contribution >= 0.6 is 0 Å². The van der Waals surface area contributed by atoms with Gasteiger partial charge in [0.25, 0.3) is 5.91 Å². The lowest BCUT2D eigenvalue weighted by atomic mass is 9.99. The van der Waals surface area contributed by atoms with Crippen LogP contribution in [0.2, 0.25) is 0 Å². The normalized spacial score (nSPS) is 15.6. The number of aryl methyl sites for hydroxylation is 1. The van der Waals surface area contributed by atoms with E-state index in [0.29, 0.717) is 10.5 Å². The number of anilines is 1. The lowest BCUT2D eigenvalue weighted by Gasteiger charge is -2.25. The Hall–Kier alpha value is -1.98. The molecule has 1 N–H and O–H groups in total. The van der Waals surface area contributed by atoms with Crippen LogP contribution in [-0.2, 0) is 23.8 Å². The summed E-state index contributed by atoms with van der Waals surface area (Å²) in [5, 5.41) is 2.95. The van der Waals surface area contributed by atoms with Crippen LogP contribution in [0.25, 0.3) is 0 Å². The molecular weight excluding hydrogens is 320 g/mol. The van der Waals surface area contributed by atoms with E-state index in [9.17, 15) is 9.00 Å². The molecule has 126 valence electrons. The van der Waals surface area contributed by atoms with Crippen LogP contribution < -0.4 is 5.32 Å². The van der Waals surface area contributed by atoms with Crippen LogP contribution in [-0.4, -0.2) is 34.9 Å². The van der Waals surface area contributed by atoms with E-state index in [1.807, 2.05) is 19.1 Å². The molecule has 0 fully saturated rings. The van der Waals surface area contributed by atoms with Gasteiger partial charge < -0.3 is 10.2 Å². The first kappa shape index (κ1) is 16.9. The molecule has 0 spiro atoms. The Morgan fingerprint density at radius 1 is 1.17 bits per heavy atom. The van der Waals surface area contributed by atoms with Crippen LogP contribution in [0, 0.1) is 6.92 Å². The summed E-state index contributed by atoms with van der Waals surface area (Å²) in [4.78, 5) is 15.5. The number of hydrogen-bond acceptors (Lipinski definition) is 3. The highest BCUT2D eigenvalue weighted by molar-refractivity contribution is 7.84. The minimum absolute atomic E-state index is 0.175. The van der Waals surface area contributed by atoms with Gasteiger partial charge in [0.05, 0.1) is 10.8 Å². The lowest BCUT2D eigenvalue weighted by Crippen LogP contribution is -2.26. The van der Waals surface area contributed by atoms with Gasteiger partial charge in [-0.15, -0.1) is 0 Å². The zero-order valence-corrected chi connectivity index (χ0v) is 15.1. The molecule has 4 nitrogen and oxygen atoms in total. The maximum Gasteiger partial charge on any atom is 0.255 e. The van der Waals surface area contributed by atoms with Crippen molar-refractivity contribution in [2.24, 2.45) is 0 Å². The standard InChI is InChI=1S/C19H22N2O2S/c1-13-4-5-15(11-18(13)24(3)23)19(22)20-17-7-6-14-8-9-21(2)12-16(14)10-17/h4-7,10-11H,8-9,12H2,1-3H3,(H,20,22). The monoisotopic (exact) mass is 342 g/mol. The van der Waals surface area contributed by atoms with E-state index < -0.39 is 10.8 Å². The maximum absolute atomic E-state index is 12.5. The van der Waals surface area contributed by atoms with Gasteiger partial charge in [-0.05, 0) is 61.3 Å². The Labute approximate surface area is 145 Å². The highest BCUT2D eigenvalue weighted by Gasteiger charge is 2.15. The highest BCUT2D eigenvalue weighted by Crippen LogP contribution is 2.23. The third kappa shape index (κ3) is 3.57. The van der Waals surface area contributed by atoms with Crippen LogP contribution in [0.5, 0.6) is 0 Å². The molecule has 1 aliphatic rings. The summed E-state index contributed by atoms with van der Waals surface area (Å²) in [7, 11) is 0.999. The molecule has 3 rings (SSSR count). The summed E-state index contributed by atoms with van der Waals surface area (Å²) >= 11 is 0. The predicted molar refractivity (Wildman–Crippen MR) is 97.9 cm³/mol.